The summed E-state index contributed by atoms with van der Waals surface area (Å²) in [6.45, 7) is 10.5. The van der Waals surface area contributed by atoms with Gasteiger partial charge in [-0.1, -0.05) is 31.0 Å². The van der Waals surface area contributed by atoms with Gasteiger partial charge in [-0.05, 0) is 118 Å². The van der Waals surface area contributed by atoms with Gasteiger partial charge in [0.15, 0.2) is 5.60 Å². The van der Waals surface area contributed by atoms with E-state index in [1.54, 1.807) is 30.3 Å². The summed E-state index contributed by atoms with van der Waals surface area (Å²) in [6.07, 6.45) is 3.17. The highest BCUT2D eigenvalue weighted by Gasteiger charge is 2.54. The first-order valence-corrected chi connectivity index (χ1v) is 22.1. The van der Waals surface area contributed by atoms with Crippen LogP contribution in [0.3, 0.4) is 0 Å². The molecule has 2 amide bonds. The minimum atomic E-state index is -1.46. The molecule has 0 bridgehead atoms. The third kappa shape index (κ3) is 7.79. The van der Waals surface area contributed by atoms with E-state index < -0.39 is 11.6 Å². The predicted molar refractivity (Wildman–Crippen MR) is 249 cm³/mol. The van der Waals surface area contributed by atoms with Crippen LogP contribution in [0.25, 0.3) is 33.4 Å². The lowest BCUT2D eigenvalue weighted by Crippen LogP contribution is -2.33. The first kappa shape index (κ1) is 42.7. The molecule has 4 aliphatic rings. The van der Waals surface area contributed by atoms with Crippen LogP contribution in [-0.2, 0) is 10.3 Å². The van der Waals surface area contributed by atoms with Crippen LogP contribution < -0.4 is 26.0 Å². The molecule has 9 rings (SSSR count). The third-order valence-corrected chi connectivity index (χ3v) is 12.2. The lowest BCUT2D eigenvalue weighted by Gasteiger charge is -2.36. The number of hydrogen-bond acceptors (Lipinski definition) is 10. The molecule has 1 spiro atoms. The van der Waals surface area contributed by atoms with Gasteiger partial charge in [-0.25, -0.2) is 4.79 Å². The van der Waals surface area contributed by atoms with Crippen molar-refractivity contribution >= 4 is 34.4 Å². The number of unbranched alkanes of at least 4 members (excludes halogenated alkanes) is 3. The number of ether oxygens (including phenoxy) is 2. The number of nitrogens with zero attached hydrogens (tertiary/aromatic N) is 1. The Labute approximate surface area is 376 Å². The van der Waals surface area contributed by atoms with E-state index in [1.165, 1.54) is 24.3 Å². The molecule has 5 aromatic rings. The second kappa shape index (κ2) is 17.5. The molecule has 0 radical (unpaired) electrons. The van der Waals surface area contributed by atoms with E-state index in [0.29, 0.717) is 58.8 Å². The van der Waals surface area contributed by atoms with Crippen LogP contribution >= 0.6 is 0 Å². The highest BCUT2D eigenvalue weighted by Crippen LogP contribution is 2.57. The summed E-state index contributed by atoms with van der Waals surface area (Å²) in [5, 5.41) is 31.9. The van der Waals surface area contributed by atoms with Gasteiger partial charge in [0.2, 0.25) is 0 Å². The molecule has 1 aliphatic carbocycles. The smallest absolute Gasteiger partial charge is 0.340 e. The number of aryl methyl sites for hydroxylation is 2. The Morgan fingerprint density at radius 2 is 1.38 bits per heavy atom. The first-order valence-electron chi connectivity index (χ1n) is 22.1. The van der Waals surface area contributed by atoms with Crippen LogP contribution in [0.4, 0.5) is 5.69 Å². The van der Waals surface area contributed by atoms with E-state index in [9.17, 15) is 24.6 Å². The topological polar surface area (TPSA) is 172 Å². The van der Waals surface area contributed by atoms with Gasteiger partial charge in [-0.2, -0.15) is 0 Å². The number of rotatable bonds is 13. The van der Waals surface area contributed by atoms with Crippen molar-refractivity contribution in [2.45, 2.75) is 59.0 Å². The van der Waals surface area contributed by atoms with Crippen LogP contribution in [0.2, 0.25) is 0 Å². The number of hydrogen-bond donors (Lipinski definition) is 5. The molecule has 0 aromatic heterocycles. The van der Waals surface area contributed by atoms with Crippen LogP contribution in [0.15, 0.2) is 113 Å². The number of phenolic OH excluding ortho intramolecular Hbond substituents is 2. The Balaban J connectivity index is 0.849. The van der Waals surface area contributed by atoms with Gasteiger partial charge >= 0.3 is 5.97 Å². The number of benzene rings is 6. The summed E-state index contributed by atoms with van der Waals surface area (Å²) in [4.78, 5) is 45.5. The number of amides is 2. The highest BCUT2D eigenvalue weighted by molar-refractivity contribution is 6.10. The van der Waals surface area contributed by atoms with Crippen molar-refractivity contribution in [2.24, 2.45) is 4.99 Å². The maximum Gasteiger partial charge on any atom is 0.340 e. The Kier molecular flexibility index (Phi) is 11.5. The average Bonchev–Trinajstić information content (AvgIpc) is 3.58. The largest absolute Gasteiger partial charge is 0.508 e. The van der Waals surface area contributed by atoms with E-state index in [0.717, 1.165) is 82.1 Å². The van der Waals surface area contributed by atoms with Gasteiger partial charge in [0.25, 0.3) is 11.8 Å². The summed E-state index contributed by atoms with van der Waals surface area (Å²) < 4.78 is 18.7. The first-order chi connectivity index (χ1) is 31.5. The molecule has 65 heavy (non-hydrogen) atoms. The Hall–Kier alpha value is -7.60. The monoisotopic (exact) mass is 870 g/mol. The van der Waals surface area contributed by atoms with Crippen LogP contribution in [0.1, 0.15) is 98.4 Å². The van der Waals surface area contributed by atoms with Crippen molar-refractivity contribution in [3.05, 3.63) is 153 Å². The third-order valence-electron chi connectivity index (χ3n) is 12.2. The SMILES string of the molecule is CCN=c1cc2oc3cc(NCC)c(C)cc3c(-c3ccccc3C(=O)NCCCCCCNC(=O)c3ccc4c(c3)C3(OC4=O)c4ccc(O)cc4Oc4cc(O)ccc43)c-2cc1C. The van der Waals surface area contributed by atoms with Crippen molar-refractivity contribution in [1.29, 1.82) is 0 Å². The number of nitrogens with one attached hydrogen (secondary N) is 3. The Bertz CT molecular complexity index is 3030. The summed E-state index contributed by atoms with van der Waals surface area (Å²) in [5.74, 6) is 0.110. The number of carbonyl (C=O) groups is 3. The fraction of sp³-hybridized carbons (Fsp3) is 0.245. The molecule has 12 heteroatoms. The molecule has 3 aliphatic heterocycles. The van der Waals surface area contributed by atoms with E-state index >= 15 is 0 Å². The normalized spacial score (nSPS) is 13.5. The number of phenols is 2. The molecule has 0 atom stereocenters. The van der Waals surface area contributed by atoms with Crippen LogP contribution in [0.5, 0.6) is 23.0 Å². The molecule has 0 unspecified atom stereocenters. The molecule has 0 saturated heterocycles. The van der Waals surface area contributed by atoms with Crippen LogP contribution in [-0.4, -0.2) is 54.2 Å². The van der Waals surface area contributed by atoms with E-state index in [4.69, 9.17) is 18.9 Å². The molecule has 5 N–H and O–H groups in total. The standard InChI is InChI=1S/C53H50N4O8/c1-5-54-43-28-45-38(23-30(43)3)49(39-24-31(4)44(55-6-2)29-46(39)63-45)35-13-9-10-14-36(35)51(61)57-22-12-8-7-11-21-56-50(60)32-15-18-37-42(25-32)53(65-52(37)62)40-19-16-33(58)26-47(40)64-48-27-34(59)17-20-41(48)53/h9-10,13-20,23-29,54,58-59H,5-8,11-12,21-22H2,1-4H3,(H,56,60)(H,57,61). The lowest BCUT2D eigenvalue weighted by molar-refractivity contribution is 0.0224. The highest BCUT2D eigenvalue weighted by atomic mass is 16.6. The van der Waals surface area contributed by atoms with Crippen molar-refractivity contribution in [1.82, 2.24) is 10.6 Å². The van der Waals surface area contributed by atoms with E-state index in [-0.39, 0.29) is 34.8 Å². The van der Waals surface area contributed by atoms with E-state index in [1.807, 2.05) is 50.2 Å². The minimum absolute atomic E-state index is 0.0445. The minimum Gasteiger partial charge on any atom is -0.508 e. The zero-order valence-electron chi connectivity index (χ0n) is 36.8. The fourth-order valence-electron chi connectivity index (χ4n) is 9.14. The van der Waals surface area contributed by atoms with Gasteiger partial charge in [0.1, 0.15) is 34.3 Å². The second-order valence-electron chi connectivity index (χ2n) is 16.5. The molecular weight excluding hydrogens is 821 g/mol. The molecule has 3 heterocycles. The Morgan fingerprint density at radius 3 is 2.08 bits per heavy atom. The number of anilines is 1. The average molecular weight is 871 g/mol. The van der Waals surface area contributed by atoms with Crippen molar-refractivity contribution in [2.75, 3.05) is 31.5 Å². The maximum absolute atomic E-state index is 13.9. The molecule has 0 saturated carbocycles. The number of carbonyl (C=O) groups excluding carboxylic acids is 3. The number of aromatic hydroxyl groups is 2. The van der Waals surface area contributed by atoms with E-state index in [2.05, 4.69) is 41.9 Å². The molecule has 12 nitrogen and oxygen atoms in total. The quantitative estimate of drug-likeness (QED) is 0.0430. The fourth-order valence-corrected chi connectivity index (χ4v) is 9.14. The molecule has 0 fully saturated rings. The summed E-state index contributed by atoms with van der Waals surface area (Å²) in [6, 6.07) is 29.9. The number of fused-ring (bicyclic) bond motifs is 8. The predicted octanol–water partition coefficient (Wildman–Crippen LogP) is 9.87. The number of esters is 1. The summed E-state index contributed by atoms with van der Waals surface area (Å²) in [7, 11) is 0. The van der Waals surface area contributed by atoms with Crippen molar-refractivity contribution in [3.8, 4) is 45.4 Å². The maximum atomic E-state index is 13.9. The van der Waals surface area contributed by atoms with Gasteiger partial charge in [0.05, 0.1) is 10.9 Å². The van der Waals surface area contributed by atoms with Crippen molar-refractivity contribution < 1.29 is 38.5 Å². The zero-order valence-corrected chi connectivity index (χ0v) is 36.8. The lowest BCUT2D eigenvalue weighted by atomic mass is 9.77. The molecule has 5 aromatic carbocycles. The molecular formula is C53H50N4O8. The van der Waals surface area contributed by atoms with Crippen molar-refractivity contribution in [3.63, 3.8) is 0 Å². The van der Waals surface area contributed by atoms with Gasteiger partial charge < -0.3 is 40.1 Å². The van der Waals surface area contributed by atoms with Gasteiger partial charge in [-0.15, -0.1) is 0 Å². The molecule has 330 valence electrons. The van der Waals surface area contributed by atoms with Crippen LogP contribution in [0, 0.1) is 13.8 Å². The van der Waals surface area contributed by atoms with Gasteiger partial charge in [0, 0.05) is 100 Å². The van der Waals surface area contributed by atoms with Gasteiger partial charge in [-0.3, -0.25) is 14.6 Å². The zero-order chi connectivity index (χ0) is 45.4. The second-order valence-corrected chi connectivity index (χ2v) is 16.5. The summed E-state index contributed by atoms with van der Waals surface area (Å²) >= 11 is 0. The summed E-state index contributed by atoms with van der Waals surface area (Å²) in [5.41, 5.74) is 7.69. The Morgan fingerprint density at radius 1 is 0.692 bits per heavy atom.